The third-order valence-electron chi connectivity index (χ3n) is 0.995. The van der Waals surface area contributed by atoms with E-state index in [1.807, 2.05) is 0 Å². The molecule has 4 nitrogen and oxygen atoms in total. The van der Waals surface area contributed by atoms with Crippen LogP contribution in [0.2, 0.25) is 0 Å². The molecule has 0 unspecified atom stereocenters. The molecule has 0 fully saturated rings. The normalized spacial score (nSPS) is 15.2. The first-order chi connectivity index (χ1) is 5.00. The van der Waals surface area contributed by atoms with Crippen molar-refractivity contribution in [2.24, 2.45) is 0 Å². The fourth-order valence-corrected chi connectivity index (χ4v) is 0.739. The number of carbonyl (C=O) groups excluding carboxylic acids is 1. The molecule has 6 heteroatoms. The molecule has 0 aromatic heterocycles. The van der Waals surface area contributed by atoms with Crippen molar-refractivity contribution < 1.29 is 19.4 Å². The molecule has 0 aromatic carbocycles. The van der Waals surface area contributed by atoms with Gasteiger partial charge < -0.3 is 9.84 Å². The van der Waals surface area contributed by atoms with Gasteiger partial charge in [0.2, 0.25) is 0 Å². The number of thiol groups is 2. The lowest BCUT2D eigenvalue weighted by molar-refractivity contribution is -0.144. The van der Waals surface area contributed by atoms with Crippen molar-refractivity contribution in [1.29, 1.82) is 0 Å². The third kappa shape index (κ3) is 3.02. The number of carboxylic acids is 1. The van der Waals surface area contributed by atoms with Crippen LogP contribution in [0.15, 0.2) is 0 Å². The highest BCUT2D eigenvalue weighted by Crippen LogP contribution is 2.10. The molecule has 11 heavy (non-hydrogen) atoms. The Balaban J connectivity index is 4.12. The van der Waals surface area contributed by atoms with Gasteiger partial charge in [0.15, 0.2) is 0 Å². The summed E-state index contributed by atoms with van der Waals surface area (Å²) in [5.74, 6) is -1.89. The van der Waals surface area contributed by atoms with Crippen molar-refractivity contribution in [2.45, 2.75) is 10.5 Å². The fraction of sp³-hybridized carbons (Fsp3) is 0.600. The maximum Gasteiger partial charge on any atom is 0.320 e. The van der Waals surface area contributed by atoms with Crippen LogP contribution in [0.1, 0.15) is 0 Å². The predicted octanol–water partition coefficient (Wildman–Crippen LogP) is -0.159. The Morgan fingerprint density at radius 2 is 1.82 bits per heavy atom. The summed E-state index contributed by atoms with van der Waals surface area (Å²) in [4.78, 5) is 20.9. The zero-order valence-corrected chi connectivity index (χ0v) is 7.51. The lowest BCUT2D eigenvalue weighted by Gasteiger charge is -2.10. The second-order valence-corrected chi connectivity index (χ2v) is 2.86. The third-order valence-corrected chi connectivity index (χ3v) is 2.26. The number of aliphatic carboxylic acids is 1. The number of ether oxygens (including phenoxy) is 1. The van der Waals surface area contributed by atoms with Crippen LogP contribution in [-0.2, 0) is 14.3 Å². The lowest BCUT2D eigenvalue weighted by atomic mass is 10.3. The molecule has 1 N–H and O–H groups in total. The first-order valence-corrected chi connectivity index (χ1v) is 3.70. The van der Waals surface area contributed by atoms with Crippen LogP contribution >= 0.6 is 25.3 Å². The molecule has 0 aromatic rings. The smallest absolute Gasteiger partial charge is 0.320 e. The van der Waals surface area contributed by atoms with Crippen molar-refractivity contribution in [3.05, 3.63) is 0 Å². The Labute approximate surface area is 74.7 Å². The largest absolute Gasteiger partial charge is 0.480 e. The number of esters is 1. The summed E-state index contributed by atoms with van der Waals surface area (Å²) in [6.07, 6.45) is 0. The number of hydrogen-bond acceptors (Lipinski definition) is 5. The van der Waals surface area contributed by atoms with E-state index in [0.29, 0.717) is 0 Å². The molecule has 0 spiro atoms. The van der Waals surface area contributed by atoms with Crippen molar-refractivity contribution >= 4 is 37.2 Å². The van der Waals surface area contributed by atoms with Gasteiger partial charge in [0.05, 0.1) is 7.11 Å². The van der Waals surface area contributed by atoms with Gasteiger partial charge in [-0.15, -0.1) is 0 Å². The Kier molecular flexibility index (Phi) is 4.36. The van der Waals surface area contributed by atoms with E-state index in [1.165, 1.54) is 0 Å². The molecule has 0 heterocycles. The van der Waals surface area contributed by atoms with Crippen LogP contribution in [0.3, 0.4) is 0 Å². The Hall–Kier alpha value is -0.360. The molecule has 0 radical (unpaired) electrons. The molecule has 64 valence electrons. The summed E-state index contributed by atoms with van der Waals surface area (Å²) in [5.41, 5.74) is 0. The molecule has 0 aliphatic carbocycles. The first kappa shape index (κ1) is 10.6. The van der Waals surface area contributed by atoms with Gasteiger partial charge in [0.1, 0.15) is 10.5 Å². The van der Waals surface area contributed by atoms with Crippen molar-refractivity contribution in [2.75, 3.05) is 7.11 Å². The van der Waals surface area contributed by atoms with Crippen molar-refractivity contribution in [1.82, 2.24) is 0 Å². The highest BCUT2D eigenvalue weighted by Gasteiger charge is 2.28. The molecular formula is C5H8O4S2. The van der Waals surface area contributed by atoms with Crippen LogP contribution < -0.4 is 0 Å². The first-order valence-electron chi connectivity index (χ1n) is 2.67. The lowest BCUT2D eigenvalue weighted by Crippen LogP contribution is -2.32. The average molecular weight is 196 g/mol. The number of hydrogen-bond donors (Lipinski definition) is 3. The Bertz CT molecular complexity index is 170. The summed E-state index contributed by atoms with van der Waals surface area (Å²) in [5, 5.41) is 6.20. The summed E-state index contributed by atoms with van der Waals surface area (Å²) >= 11 is 7.34. The topological polar surface area (TPSA) is 63.6 Å². The molecular weight excluding hydrogens is 188 g/mol. The maximum absolute atomic E-state index is 10.6. The van der Waals surface area contributed by atoms with Crippen LogP contribution in [0.25, 0.3) is 0 Å². The van der Waals surface area contributed by atoms with Crippen LogP contribution in [0, 0.1) is 0 Å². The molecule has 0 amide bonds. The average Bonchev–Trinajstić information content (AvgIpc) is 2.00. The summed E-state index contributed by atoms with van der Waals surface area (Å²) in [6.45, 7) is 0. The maximum atomic E-state index is 10.6. The second-order valence-electron chi connectivity index (χ2n) is 1.75. The minimum atomic E-state index is -1.20. The molecule has 0 saturated heterocycles. The standard InChI is InChI=1S/C5H8O4S2/c1-9-5(8)3(11)2(10)4(6)7/h2-3,10-11H,1H3,(H,6,7)/t2-,3+/m1/s1. The van der Waals surface area contributed by atoms with Gasteiger partial charge in [-0.1, -0.05) is 0 Å². The van der Waals surface area contributed by atoms with Gasteiger partial charge in [-0.05, 0) is 0 Å². The molecule has 0 rings (SSSR count). The highest BCUT2D eigenvalue weighted by molar-refractivity contribution is 7.86. The molecule has 0 aliphatic heterocycles. The molecule has 0 aliphatic rings. The number of carboxylic acid groups (broad SMARTS) is 1. The van der Waals surface area contributed by atoms with Gasteiger partial charge in [-0.3, -0.25) is 9.59 Å². The van der Waals surface area contributed by atoms with Crippen LogP contribution in [0.4, 0.5) is 0 Å². The number of carbonyl (C=O) groups is 2. The highest BCUT2D eigenvalue weighted by atomic mass is 32.1. The van der Waals surface area contributed by atoms with E-state index >= 15 is 0 Å². The minimum Gasteiger partial charge on any atom is -0.480 e. The van der Waals surface area contributed by atoms with Gasteiger partial charge in [-0.25, -0.2) is 0 Å². The van der Waals surface area contributed by atoms with Crippen LogP contribution in [-0.4, -0.2) is 34.7 Å². The van der Waals surface area contributed by atoms with Gasteiger partial charge in [0, 0.05) is 0 Å². The predicted molar refractivity (Wildman–Crippen MR) is 45.2 cm³/mol. The monoisotopic (exact) mass is 196 g/mol. The summed E-state index contributed by atoms with van der Waals surface area (Å²) in [7, 11) is 1.16. The minimum absolute atomic E-state index is 0.698. The Morgan fingerprint density at radius 1 is 1.36 bits per heavy atom. The van der Waals surface area contributed by atoms with E-state index in [4.69, 9.17) is 5.11 Å². The van der Waals surface area contributed by atoms with Crippen LogP contribution in [0.5, 0.6) is 0 Å². The van der Waals surface area contributed by atoms with E-state index in [-0.39, 0.29) is 0 Å². The molecule has 2 atom stereocenters. The van der Waals surface area contributed by atoms with E-state index in [0.717, 1.165) is 7.11 Å². The SMILES string of the molecule is COC(=O)[C@@H](S)[C@@H](S)C(=O)O. The van der Waals surface area contributed by atoms with E-state index in [9.17, 15) is 9.59 Å². The zero-order valence-electron chi connectivity index (χ0n) is 5.72. The quantitative estimate of drug-likeness (QED) is 0.433. The fourth-order valence-electron chi connectivity index (χ4n) is 0.385. The number of rotatable bonds is 3. The van der Waals surface area contributed by atoms with Crippen molar-refractivity contribution in [3.63, 3.8) is 0 Å². The van der Waals surface area contributed by atoms with Crippen molar-refractivity contribution in [3.8, 4) is 0 Å². The number of methoxy groups -OCH3 is 1. The Morgan fingerprint density at radius 3 is 2.09 bits per heavy atom. The second kappa shape index (κ2) is 4.50. The summed E-state index contributed by atoms with van der Waals surface area (Å²) in [6, 6.07) is 0. The van der Waals surface area contributed by atoms with Gasteiger partial charge >= 0.3 is 11.9 Å². The van der Waals surface area contributed by atoms with Gasteiger partial charge in [-0.2, -0.15) is 25.3 Å². The molecule has 0 saturated carbocycles. The zero-order chi connectivity index (χ0) is 9.02. The van der Waals surface area contributed by atoms with E-state index < -0.39 is 22.4 Å². The molecule has 0 bridgehead atoms. The van der Waals surface area contributed by atoms with Gasteiger partial charge in [0.25, 0.3) is 0 Å². The summed E-state index contributed by atoms with van der Waals surface area (Å²) < 4.78 is 4.26. The van der Waals surface area contributed by atoms with E-state index in [1.54, 1.807) is 0 Å². The van der Waals surface area contributed by atoms with E-state index in [2.05, 4.69) is 30.0 Å².